The van der Waals surface area contributed by atoms with Gasteiger partial charge in [-0.1, -0.05) is 24.3 Å². The highest BCUT2D eigenvalue weighted by Crippen LogP contribution is 2.42. The van der Waals surface area contributed by atoms with Crippen molar-refractivity contribution in [2.75, 3.05) is 25.0 Å². The van der Waals surface area contributed by atoms with Gasteiger partial charge in [0, 0.05) is 42.2 Å². The topological polar surface area (TPSA) is 24.5 Å². The zero-order chi connectivity index (χ0) is 13.8. The molecule has 0 radical (unpaired) electrons. The number of allylic oxidation sites excluding steroid dienone is 2. The van der Waals surface area contributed by atoms with Crippen molar-refractivity contribution in [3.8, 4) is 0 Å². The van der Waals surface area contributed by atoms with Crippen LogP contribution in [0.5, 0.6) is 0 Å². The number of nitrogens with one attached hydrogen (secondary N) is 1. The number of hydrogen-bond acceptors (Lipinski definition) is 3. The predicted molar refractivity (Wildman–Crippen MR) is 82.8 cm³/mol. The number of benzene rings is 1. The van der Waals surface area contributed by atoms with E-state index in [-0.39, 0.29) is 0 Å². The summed E-state index contributed by atoms with van der Waals surface area (Å²) in [4.78, 5) is 2.60. The summed E-state index contributed by atoms with van der Waals surface area (Å²) >= 11 is 0. The van der Waals surface area contributed by atoms with Gasteiger partial charge in [-0.05, 0) is 24.1 Å². The number of fused-ring (bicyclic) bond motifs is 5. The molecule has 5 rings (SSSR count). The van der Waals surface area contributed by atoms with Crippen LogP contribution in [0.1, 0.15) is 5.56 Å². The van der Waals surface area contributed by atoms with Crippen molar-refractivity contribution in [2.24, 2.45) is 17.8 Å². The molecule has 108 valence electrons. The van der Waals surface area contributed by atoms with E-state index in [1.165, 1.54) is 29.9 Å². The van der Waals surface area contributed by atoms with Crippen LogP contribution in [0.25, 0.3) is 0 Å². The van der Waals surface area contributed by atoms with Crippen molar-refractivity contribution in [3.05, 3.63) is 53.9 Å². The highest BCUT2D eigenvalue weighted by molar-refractivity contribution is 5.57. The summed E-state index contributed by atoms with van der Waals surface area (Å²) in [6, 6.07) is 9.26. The van der Waals surface area contributed by atoms with Crippen LogP contribution >= 0.6 is 0 Å². The van der Waals surface area contributed by atoms with Crippen LogP contribution in [0.2, 0.25) is 0 Å². The number of ether oxygens (including phenoxy) is 1. The minimum Gasteiger partial charge on any atom is -0.501 e. The first-order chi connectivity index (χ1) is 10.4. The van der Waals surface area contributed by atoms with E-state index in [1.807, 2.05) is 6.26 Å². The molecular weight excluding hydrogens is 260 g/mol. The van der Waals surface area contributed by atoms with E-state index in [4.69, 9.17) is 4.74 Å². The number of hydrogen-bond donors (Lipinski definition) is 1. The van der Waals surface area contributed by atoms with Gasteiger partial charge in [0.1, 0.15) is 0 Å². The third-order valence-corrected chi connectivity index (χ3v) is 5.49. The Morgan fingerprint density at radius 1 is 1.14 bits per heavy atom. The quantitative estimate of drug-likeness (QED) is 0.790. The van der Waals surface area contributed by atoms with Gasteiger partial charge in [0.25, 0.3) is 0 Å². The summed E-state index contributed by atoms with van der Waals surface area (Å²) < 4.78 is 5.50. The van der Waals surface area contributed by atoms with E-state index in [0.29, 0.717) is 23.8 Å². The average Bonchev–Trinajstić information content (AvgIpc) is 2.87. The van der Waals surface area contributed by atoms with Gasteiger partial charge in [-0.2, -0.15) is 0 Å². The Morgan fingerprint density at radius 2 is 2.05 bits per heavy atom. The first-order valence-corrected chi connectivity index (χ1v) is 7.98. The van der Waals surface area contributed by atoms with Gasteiger partial charge < -0.3 is 15.0 Å². The van der Waals surface area contributed by atoms with Gasteiger partial charge in [-0.25, -0.2) is 0 Å². The Morgan fingerprint density at radius 3 is 3.05 bits per heavy atom. The third-order valence-electron chi connectivity index (χ3n) is 5.49. The molecule has 0 bridgehead atoms. The summed E-state index contributed by atoms with van der Waals surface area (Å²) in [5.41, 5.74) is 4.31. The number of anilines is 1. The molecule has 3 nitrogen and oxygen atoms in total. The van der Waals surface area contributed by atoms with E-state index in [9.17, 15) is 0 Å². The minimum atomic E-state index is 0.497. The maximum atomic E-state index is 5.50. The Labute approximate surface area is 125 Å². The first-order valence-electron chi connectivity index (χ1n) is 7.98. The minimum absolute atomic E-state index is 0.497. The Kier molecular flexibility index (Phi) is 2.40. The second-order valence-electron chi connectivity index (χ2n) is 6.74. The van der Waals surface area contributed by atoms with Crippen LogP contribution in [0.3, 0.4) is 0 Å². The lowest BCUT2D eigenvalue weighted by molar-refractivity contribution is 0.121. The van der Waals surface area contributed by atoms with Crippen molar-refractivity contribution in [2.45, 2.75) is 12.5 Å². The molecule has 4 aliphatic heterocycles. The fourth-order valence-corrected chi connectivity index (χ4v) is 4.42. The SMILES string of the molecule is C1=CC2C=C3C4Nc5ccccc5CC4CN3CC2CO1. The second-order valence-corrected chi connectivity index (χ2v) is 6.74. The molecule has 3 heteroatoms. The van der Waals surface area contributed by atoms with Gasteiger partial charge in [0.05, 0.1) is 18.9 Å². The maximum Gasteiger partial charge on any atom is 0.0926 e. The highest BCUT2D eigenvalue weighted by atomic mass is 16.5. The van der Waals surface area contributed by atoms with Gasteiger partial charge >= 0.3 is 0 Å². The van der Waals surface area contributed by atoms with Crippen molar-refractivity contribution >= 4 is 5.69 Å². The zero-order valence-electron chi connectivity index (χ0n) is 12.0. The number of rotatable bonds is 0. The molecule has 0 spiro atoms. The van der Waals surface area contributed by atoms with Crippen LogP contribution in [-0.4, -0.2) is 30.6 Å². The molecular formula is C18H20N2O. The molecule has 0 saturated carbocycles. The van der Waals surface area contributed by atoms with Gasteiger partial charge in [-0.15, -0.1) is 0 Å². The Balaban J connectivity index is 1.50. The zero-order valence-corrected chi connectivity index (χ0v) is 12.0. The summed E-state index contributed by atoms with van der Waals surface area (Å²) in [7, 11) is 0. The molecule has 1 aromatic rings. The maximum absolute atomic E-state index is 5.50. The smallest absolute Gasteiger partial charge is 0.0926 e. The summed E-state index contributed by atoms with van der Waals surface area (Å²) in [5.74, 6) is 1.89. The fourth-order valence-electron chi connectivity index (χ4n) is 4.42. The van der Waals surface area contributed by atoms with Crippen molar-refractivity contribution in [1.82, 2.24) is 4.90 Å². The standard InChI is InChI=1S/C18H20N2O/c1-2-4-16-13(3-1)7-14-9-20-10-15-11-21-6-5-12(15)8-17(20)18(14)19-16/h1-6,8,12,14-15,18-19H,7,9-11H2. The molecule has 21 heavy (non-hydrogen) atoms. The van der Waals surface area contributed by atoms with E-state index < -0.39 is 0 Å². The largest absolute Gasteiger partial charge is 0.501 e. The molecule has 1 saturated heterocycles. The van der Waals surface area contributed by atoms with Gasteiger partial charge in [0.2, 0.25) is 0 Å². The van der Waals surface area contributed by atoms with Crippen molar-refractivity contribution < 1.29 is 4.74 Å². The number of nitrogens with zero attached hydrogens (tertiary/aromatic N) is 1. The molecule has 0 aliphatic carbocycles. The third kappa shape index (κ3) is 1.73. The lowest BCUT2D eigenvalue weighted by atomic mass is 9.84. The molecule has 4 unspecified atom stereocenters. The van der Waals surface area contributed by atoms with Gasteiger partial charge in [0.15, 0.2) is 0 Å². The normalized spacial score (nSPS) is 35.6. The summed E-state index contributed by atoms with van der Waals surface area (Å²) in [6.07, 6.45) is 7.79. The van der Waals surface area contributed by atoms with E-state index in [2.05, 4.69) is 46.6 Å². The molecule has 4 heterocycles. The molecule has 0 amide bonds. The van der Waals surface area contributed by atoms with E-state index in [0.717, 1.165) is 13.2 Å². The Bertz CT molecular complexity index is 636. The van der Waals surface area contributed by atoms with Crippen molar-refractivity contribution in [1.29, 1.82) is 0 Å². The van der Waals surface area contributed by atoms with E-state index >= 15 is 0 Å². The molecule has 1 fully saturated rings. The number of para-hydroxylation sites is 1. The van der Waals surface area contributed by atoms with Crippen LogP contribution in [-0.2, 0) is 11.2 Å². The van der Waals surface area contributed by atoms with Gasteiger partial charge in [-0.3, -0.25) is 0 Å². The van der Waals surface area contributed by atoms with Crippen LogP contribution in [0, 0.1) is 17.8 Å². The average molecular weight is 280 g/mol. The first kappa shape index (κ1) is 11.7. The molecule has 4 aliphatic rings. The lowest BCUT2D eigenvalue weighted by Gasteiger charge is -2.37. The molecule has 0 aromatic heterocycles. The van der Waals surface area contributed by atoms with Crippen LogP contribution in [0.4, 0.5) is 5.69 Å². The monoisotopic (exact) mass is 280 g/mol. The molecule has 1 N–H and O–H groups in total. The predicted octanol–water partition coefficient (Wildman–Crippen LogP) is 2.63. The summed E-state index contributed by atoms with van der Waals surface area (Å²) in [5, 5.41) is 3.79. The summed E-state index contributed by atoms with van der Waals surface area (Å²) in [6.45, 7) is 3.20. The van der Waals surface area contributed by atoms with Crippen molar-refractivity contribution in [3.63, 3.8) is 0 Å². The van der Waals surface area contributed by atoms with Crippen LogP contribution in [0.15, 0.2) is 48.4 Å². The van der Waals surface area contributed by atoms with Crippen LogP contribution < -0.4 is 5.32 Å². The second kappa shape index (κ2) is 4.30. The lowest BCUT2D eigenvalue weighted by Crippen LogP contribution is -2.39. The van der Waals surface area contributed by atoms with E-state index in [1.54, 1.807) is 0 Å². The fraction of sp³-hybridized carbons (Fsp3) is 0.444. The molecule has 4 atom stereocenters. The highest BCUT2D eigenvalue weighted by Gasteiger charge is 2.43. The molecule has 1 aromatic carbocycles. The Hall–Kier alpha value is -1.90.